The van der Waals surface area contributed by atoms with Crippen LogP contribution in [0.25, 0.3) is 0 Å². The Hall–Kier alpha value is -1.20. The van der Waals surface area contributed by atoms with Crippen LogP contribution in [0.2, 0.25) is 0 Å². The van der Waals surface area contributed by atoms with E-state index in [0.29, 0.717) is 0 Å². The molecule has 0 spiro atoms. The maximum atomic E-state index is 12.9. The standard InChI is InChI=1S/C16H24F2N2O/c1-12(2)21-14-5-3-13(4-6-14)15(11-16(17)18)20-9-7-19-8-10-20/h3-6,12,15-16,19H,7-11H2,1-2H3/t15-/m1/s1. The van der Waals surface area contributed by atoms with E-state index < -0.39 is 6.43 Å². The second-order valence-electron chi connectivity index (χ2n) is 5.66. The van der Waals surface area contributed by atoms with Crippen LogP contribution in [0.15, 0.2) is 24.3 Å². The lowest BCUT2D eigenvalue weighted by Crippen LogP contribution is -2.45. The van der Waals surface area contributed by atoms with E-state index in [1.54, 1.807) is 0 Å². The molecule has 0 unspecified atom stereocenters. The minimum Gasteiger partial charge on any atom is -0.491 e. The first-order valence-electron chi connectivity index (χ1n) is 7.56. The van der Waals surface area contributed by atoms with E-state index in [9.17, 15) is 8.78 Å². The molecule has 21 heavy (non-hydrogen) atoms. The van der Waals surface area contributed by atoms with Crippen LogP contribution in [0.5, 0.6) is 5.75 Å². The molecule has 0 aliphatic carbocycles. The second-order valence-corrected chi connectivity index (χ2v) is 5.66. The van der Waals surface area contributed by atoms with Crippen LogP contribution in [0, 0.1) is 0 Å². The predicted molar refractivity (Wildman–Crippen MR) is 80.0 cm³/mol. The number of alkyl halides is 2. The lowest BCUT2D eigenvalue weighted by molar-refractivity contribution is 0.0739. The molecule has 0 aromatic heterocycles. The molecule has 1 aliphatic heterocycles. The van der Waals surface area contributed by atoms with E-state index in [1.165, 1.54) is 0 Å². The molecule has 1 saturated heterocycles. The smallest absolute Gasteiger partial charge is 0.240 e. The van der Waals surface area contributed by atoms with E-state index in [4.69, 9.17) is 4.74 Å². The number of piperazine rings is 1. The molecule has 3 nitrogen and oxygen atoms in total. The Kier molecular flexibility index (Phi) is 5.94. The van der Waals surface area contributed by atoms with Gasteiger partial charge in [-0.05, 0) is 31.5 Å². The minimum atomic E-state index is -2.29. The third-order valence-electron chi connectivity index (χ3n) is 3.63. The minimum absolute atomic E-state index is 0.112. The number of nitrogens with one attached hydrogen (secondary N) is 1. The highest BCUT2D eigenvalue weighted by Gasteiger charge is 2.25. The Morgan fingerprint density at radius 1 is 1.14 bits per heavy atom. The summed E-state index contributed by atoms with van der Waals surface area (Å²) >= 11 is 0. The highest BCUT2D eigenvalue weighted by molar-refractivity contribution is 5.29. The van der Waals surface area contributed by atoms with Crippen molar-refractivity contribution >= 4 is 0 Å². The summed E-state index contributed by atoms with van der Waals surface area (Å²) in [5.74, 6) is 0.782. The first-order valence-corrected chi connectivity index (χ1v) is 7.56. The molecule has 1 N–H and O–H groups in total. The number of nitrogens with zero attached hydrogens (tertiary/aromatic N) is 1. The molecule has 1 heterocycles. The van der Waals surface area contributed by atoms with Crippen molar-refractivity contribution in [2.45, 2.75) is 38.8 Å². The van der Waals surface area contributed by atoms with Gasteiger partial charge in [-0.2, -0.15) is 0 Å². The zero-order valence-corrected chi connectivity index (χ0v) is 12.7. The fourth-order valence-corrected chi connectivity index (χ4v) is 2.70. The van der Waals surface area contributed by atoms with Crippen LogP contribution >= 0.6 is 0 Å². The number of hydrogen-bond acceptors (Lipinski definition) is 3. The van der Waals surface area contributed by atoms with Gasteiger partial charge in [0.1, 0.15) is 5.75 Å². The summed E-state index contributed by atoms with van der Waals surface area (Å²) in [6.07, 6.45) is -2.30. The SMILES string of the molecule is CC(C)Oc1ccc([C@@H](CC(F)F)N2CCNCC2)cc1. The van der Waals surface area contributed by atoms with Crippen LogP contribution in [-0.2, 0) is 0 Å². The number of ether oxygens (including phenoxy) is 1. The molecule has 2 rings (SSSR count). The van der Waals surface area contributed by atoms with Crippen molar-refractivity contribution in [1.82, 2.24) is 10.2 Å². The number of hydrogen-bond donors (Lipinski definition) is 1. The molecule has 118 valence electrons. The number of benzene rings is 1. The third-order valence-corrected chi connectivity index (χ3v) is 3.63. The van der Waals surface area contributed by atoms with Gasteiger partial charge in [-0.1, -0.05) is 12.1 Å². The molecule has 1 aliphatic rings. The number of rotatable bonds is 6. The third kappa shape index (κ3) is 4.93. The molecular weight excluding hydrogens is 274 g/mol. The van der Waals surface area contributed by atoms with Crippen molar-refractivity contribution in [2.75, 3.05) is 26.2 Å². The van der Waals surface area contributed by atoms with Crippen LogP contribution in [-0.4, -0.2) is 43.6 Å². The van der Waals surface area contributed by atoms with Crippen molar-refractivity contribution in [3.05, 3.63) is 29.8 Å². The molecule has 0 amide bonds. The zero-order valence-electron chi connectivity index (χ0n) is 12.7. The summed E-state index contributed by atoms with van der Waals surface area (Å²) < 4.78 is 31.4. The normalized spacial score (nSPS) is 18.2. The monoisotopic (exact) mass is 298 g/mol. The van der Waals surface area contributed by atoms with Gasteiger partial charge in [-0.15, -0.1) is 0 Å². The highest BCUT2D eigenvalue weighted by atomic mass is 19.3. The van der Waals surface area contributed by atoms with Crippen molar-refractivity contribution in [3.63, 3.8) is 0 Å². The molecule has 1 aromatic carbocycles. The van der Waals surface area contributed by atoms with E-state index in [1.807, 2.05) is 38.1 Å². The van der Waals surface area contributed by atoms with Gasteiger partial charge in [0, 0.05) is 38.6 Å². The van der Waals surface area contributed by atoms with Crippen molar-refractivity contribution < 1.29 is 13.5 Å². The lowest BCUT2D eigenvalue weighted by atomic mass is 10.0. The average molecular weight is 298 g/mol. The Labute approximate surface area is 125 Å². The van der Waals surface area contributed by atoms with Crippen LogP contribution in [0.1, 0.15) is 31.9 Å². The van der Waals surface area contributed by atoms with Crippen molar-refractivity contribution in [3.8, 4) is 5.75 Å². The molecule has 1 aromatic rings. The van der Waals surface area contributed by atoms with Crippen molar-refractivity contribution in [1.29, 1.82) is 0 Å². The van der Waals surface area contributed by atoms with Gasteiger partial charge in [0.15, 0.2) is 0 Å². The highest BCUT2D eigenvalue weighted by Crippen LogP contribution is 2.29. The zero-order chi connectivity index (χ0) is 15.2. The van der Waals surface area contributed by atoms with Gasteiger partial charge in [-0.25, -0.2) is 8.78 Å². The van der Waals surface area contributed by atoms with Gasteiger partial charge >= 0.3 is 0 Å². The topological polar surface area (TPSA) is 24.5 Å². The Morgan fingerprint density at radius 2 is 1.76 bits per heavy atom. The Bertz CT molecular complexity index is 417. The Balaban J connectivity index is 2.11. The summed E-state index contributed by atoms with van der Waals surface area (Å²) in [6, 6.07) is 7.34. The van der Waals surface area contributed by atoms with Gasteiger partial charge in [-0.3, -0.25) is 4.90 Å². The van der Waals surface area contributed by atoms with Gasteiger partial charge in [0.05, 0.1) is 6.10 Å². The summed E-state index contributed by atoms with van der Waals surface area (Å²) in [7, 11) is 0. The molecular formula is C16H24F2N2O. The fourth-order valence-electron chi connectivity index (χ4n) is 2.70. The summed E-state index contributed by atoms with van der Waals surface area (Å²) in [5, 5.41) is 3.26. The maximum Gasteiger partial charge on any atom is 0.240 e. The summed E-state index contributed by atoms with van der Waals surface area (Å²) in [6.45, 7) is 7.26. The number of halogens is 2. The summed E-state index contributed by atoms with van der Waals surface area (Å²) in [5.41, 5.74) is 0.938. The molecule has 0 radical (unpaired) electrons. The van der Waals surface area contributed by atoms with Crippen LogP contribution < -0.4 is 10.1 Å². The van der Waals surface area contributed by atoms with E-state index >= 15 is 0 Å². The predicted octanol–water partition coefficient (Wildman–Crippen LogP) is 3.08. The second kappa shape index (κ2) is 7.71. The van der Waals surface area contributed by atoms with Gasteiger partial charge < -0.3 is 10.1 Å². The van der Waals surface area contributed by atoms with E-state index in [-0.39, 0.29) is 18.6 Å². The average Bonchev–Trinajstić information content (AvgIpc) is 2.46. The molecule has 1 atom stereocenters. The largest absolute Gasteiger partial charge is 0.491 e. The lowest BCUT2D eigenvalue weighted by Gasteiger charge is -2.35. The molecule has 1 fully saturated rings. The first kappa shape index (κ1) is 16.2. The molecule has 0 bridgehead atoms. The quantitative estimate of drug-likeness (QED) is 0.873. The van der Waals surface area contributed by atoms with E-state index in [2.05, 4.69) is 10.2 Å². The van der Waals surface area contributed by atoms with Gasteiger partial charge in [0.25, 0.3) is 0 Å². The van der Waals surface area contributed by atoms with Crippen molar-refractivity contribution in [2.24, 2.45) is 0 Å². The van der Waals surface area contributed by atoms with Gasteiger partial charge in [0.2, 0.25) is 6.43 Å². The van der Waals surface area contributed by atoms with Crippen LogP contribution in [0.3, 0.4) is 0 Å². The van der Waals surface area contributed by atoms with E-state index in [0.717, 1.165) is 37.5 Å². The Morgan fingerprint density at radius 3 is 2.29 bits per heavy atom. The molecule has 0 saturated carbocycles. The fraction of sp³-hybridized carbons (Fsp3) is 0.625. The first-order chi connectivity index (χ1) is 10.1. The summed E-state index contributed by atoms with van der Waals surface area (Å²) in [4.78, 5) is 2.14. The molecule has 5 heteroatoms. The van der Waals surface area contributed by atoms with Crippen LogP contribution in [0.4, 0.5) is 8.78 Å². The maximum absolute atomic E-state index is 12.9.